The number of carbonyl (C=O) groups excluding carboxylic acids is 2. The molecule has 4 nitrogen and oxygen atoms in total. The molecule has 0 saturated carbocycles. The van der Waals surface area contributed by atoms with Crippen LogP contribution in [0.2, 0.25) is 0 Å². The fraction of sp³-hybridized carbons (Fsp3) is 0.200. The van der Waals surface area contributed by atoms with Gasteiger partial charge in [-0.1, -0.05) is 0 Å². The zero-order valence-electron chi connectivity index (χ0n) is 8.73. The van der Waals surface area contributed by atoms with Crippen molar-refractivity contribution in [1.29, 1.82) is 0 Å². The number of hydrogen-bond acceptors (Lipinski definition) is 2. The van der Waals surface area contributed by atoms with E-state index in [1.807, 2.05) is 0 Å². The van der Waals surface area contributed by atoms with E-state index in [2.05, 4.69) is 42.5 Å². The summed E-state index contributed by atoms with van der Waals surface area (Å²) in [5.41, 5.74) is 1.29. The maximum Gasteiger partial charge on any atom is 0.221 e. The van der Waals surface area contributed by atoms with Gasteiger partial charge in [-0.2, -0.15) is 0 Å². The number of hydrogen-bond donors (Lipinski definition) is 2. The molecule has 0 saturated heterocycles. The van der Waals surface area contributed by atoms with Crippen molar-refractivity contribution >= 4 is 55.0 Å². The maximum absolute atomic E-state index is 10.9. The van der Waals surface area contributed by atoms with Gasteiger partial charge in [0.25, 0.3) is 0 Å². The molecule has 0 atom stereocenters. The molecule has 2 amide bonds. The minimum Gasteiger partial charge on any atom is -0.325 e. The second-order valence-corrected chi connectivity index (χ2v) is 4.88. The Morgan fingerprint density at radius 3 is 1.50 bits per heavy atom. The Morgan fingerprint density at radius 1 is 0.938 bits per heavy atom. The quantitative estimate of drug-likeness (QED) is 0.861. The highest BCUT2D eigenvalue weighted by atomic mass is 79.9. The van der Waals surface area contributed by atoms with Crippen LogP contribution in [-0.2, 0) is 9.59 Å². The highest BCUT2D eigenvalue weighted by Gasteiger charge is 2.08. The molecule has 86 valence electrons. The van der Waals surface area contributed by atoms with Gasteiger partial charge in [-0.15, -0.1) is 0 Å². The number of amides is 2. The third kappa shape index (κ3) is 3.61. The molecule has 0 heterocycles. The van der Waals surface area contributed by atoms with Crippen LogP contribution >= 0.6 is 31.9 Å². The third-order valence-electron chi connectivity index (χ3n) is 1.68. The predicted molar refractivity (Wildman–Crippen MR) is 70.4 cm³/mol. The fourth-order valence-electron chi connectivity index (χ4n) is 1.12. The van der Waals surface area contributed by atoms with Gasteiger partial charge in [0.2, 0.25) is 11.8 Å². The highest BCUT2D eigenvalue weighted by Crippen LogP contribution is 2.33. The Labute approximate surface area is 110 Å². The summed E-state index contributed by atoms with van der Waals surface area (Å²) in [6.07, 6.45) is 0. The first-order valence-electron chi connectivity index (χ1n) is 4.44. The zero-order valence-corrected chi connectivity index (χ0v) is 11.9. The zero-order chi connectivity index (χ0) is 12.3. The summed E-state index contributed by atoms with van der Waals surface area (Å²) in [4.78, 5) is 21.8. The van der Waals surface area contributed by atoms with Crippen LogP contribution in [0.15, 0.2) is 21.1 Å². The Balaban J connectivity index is 3.06. The van der Waals surface area contributed by atoms with E-state index in [9.17, 15) is 9.59 Å². The lowest BCUT2D eigenvalue weighted by Crippen LogP contribution is -2.09. The highest BCUT2D eigenvalue weighted by molar-refractivity contribution is 9.11. The van der Waals surface area contributed by atoms with E-state index >= 15 is 0 Å². The summed E-state index contributed by atoms with van der Waals surface area (Å²) < 4.78 is 1.41. The molecule has 0 aliphatic heterocycles. The molecule has 0 radical (unpaired) electrons. The van der Waals surface area contributed by atoms with E-state index in [1.54, 1.807) is 12.1 Å². The summed E-state index contributed by atoms with van der Waals surface area (Å²) in [6, 6.07) is 3.44. The molecule has 1 aromatic rings. The van der Waals surface area contributed by atoms with Crippen LogP contribution in [-0.4, -0.2) is 11.8 Å². The van der Waals surface area contributed by atoms with Gasteiger partial charge in [-0.25, -0.2) is 0 Å². The number of rotatable bonds is 2. The molecule has 16 heavy (non-hydrogen) atoms. The lowest BCUT2D eigenvalue weighted by Gasteiger charge is -2.10. The standard InChI is InChI=1S/C10H10Br2N2O2/c1-5(15)13-9-3-8(12)10(4-7(9)11)14-6(2)16/h3-4H,1-2H3,(H,13,15)(H,14,16). The Kier molecular flexibility index (Phi) is 4.49. The summed E-state index contributed by atoms with van der Waals surface area (Å²) in [5.74, 6) is -0.306. The van der Waals surface area contributed by atoms with Gasteiger partial charge in [0.1, 0.15) is 0 Å². The van der Waals surface area contributed by atoms with E-state index in [0.29, 0.717) is 20.3 Å². The van der Waals surface area contributed by atoms with Gasteiger partial charge in [-0.05, 0) is 44.0 Å². The van der Waals surface area contributed by atoms with E-state index in [4.69, 9.17) is 0 Å². The van der Waals surface area contributed by atoms with E-state index in [1.165, 1.54) is 13.8 Å². The van der Waals surface area contributed by atoms with Crippen LogP contribution in [0.5, 0.6) is 0 Å². The topological polar surface area (TPSA) is 58.2 Å². The lowest BCUT2D eigenvalue weighted by atomic mass is 10.2. The molecular weight excluding hydrogens is 340 g/mol. The van der Waals surface area contributed by atoms with Crippen molar-refractivity contribution in [2.45, 2.75) is 13.8 Å². The number of anilines is 2. The Bertz CT molecular complexity index is 405. The van der Waals surface area contributed by atoms with Crippen molar-refractivity contribution in [3.8, 4) is 0 Å². The van der Waals surface area contributed by atoms with Crippen molar-refractivity contribution in [2.24, 2.45) is 0 Å². The number of carbonyl (C=O) groups is 2. The van der Waals surface area contributed by atoms with E-state index in [0.717, 1.165) is 0 Å². The lowest BCUT2D eigenvalue weighted by molar-refractivity contribution is -0.115. The average molecular weight is 350 g/mol. The number of halogens is 2. The van der Waals surface area contributed by atoms with Gasteiger partial charge in [-0.3, -0.25) is 9.59 Å². The second kappa shape index (κ2) is 5.45. The van der Waals surface area contributed by atoms with E-state index < -0.39 is 0 Å². The number of nitrogens with one attached hydrogen (secondary N) is 2. The summed E-state index contributed by atoms with van der Waals surface area (Å²) in [7, 11) is 0. The summed E-state index contributed by atoms with van der Waals surface area (Å²) >= 11 is 6.63. The summed E-state index contributed by atoms with van der Waals surface area (Å²) in [5, 5.41) is 5.33. The first-order chi connectivity index (χ1) is 7.40. The number of benzene rings is 1. The van der Waals surface area contributed by atoms with Crippen molar-refractivity contribution in [1.82, 2.24) is 0 Å². The third-order valence-corrected chi connectivity index (χ3v) is 2.99. The minimum atomic E-state index is -0.153. The smallest absolute Gasteiger partial charge is 0.221 e. The summed E-state index contributed by atoms with van der Waals surface area (Å²) in [6.45, 7) is 2.87. The van der Waals surface area contributed by atoms with Crippen molar-refractivity contribution in [3.63, 3.8) is 0 Å². The Hall–Kier alpha value is -0.880. The van der Waals surface area contributed by atoms with Gasteiger partial charge in [0.15, 0.2) is 0 Å². The van der Waals surface area contributed by atoms with Crippen LogP contribution in [0.4, 0.5) is 11.4 Å². The first-order valence-corrected chi connectivity index (χ1v) is 6.03. The van der Waals surface area contributed by atoms with Gasteiger partial charge < -0.3 is 10.6 Å². The molecular formula is C10H10Br2N2O2. The normalized spacial score (nSPS) is 9.75. The molecule has 2 N–H and O–H groups in total. The molecule has 1 rings (SSSR count). The van der Waals surface area contributed by atoms with Crippen molar-refractivity contribution in [3.05, 3.63) is 21.1 Å². The fourth-order valence-corrected chi connectivity index (χ4v) is 2.00. The van der Waals surface area contributed by atoms with Crippen molar-refractivity contribution < 1.29 is 9.59 Å². The largest absolute Gasteiger partial charge is 0.325 e. The van der Waals surface area contributed by atoms with Crippen LogP contribution in [0.3, 0.4) is 0 Å². The van der Waals surface area contributed by atoms with Crippen LogP contribution in [0, 0.1) is 0 Å². The second-order valence-electron chi connectivity index (χ2n) is 3.17. The van der Waals surface area contributed by atoms with Crippen molar-refractivity contribution in [2.75, 3.05) is 10.6 Å². The van der Waals surface area contributed by atoms with Gasteiger partial charge in [0.05, 0.1) is 11.4 Å². The first kappa shape index (κ1) is 13.2. The molecule has 0 aliphatic carbocycles. The minimum absolute atomic E-state index is 0.153. The van der Waals surface area contributed by atoms with Crippen LogP contribution in [0.25, 0.3) is 0 Å². The Morgan fingerprint density at radius 2 is 1.25 bits per heavy atom. The monoisotopic (exact) mass is 348 g/mol. The van der Waals surface area contributed by atoms with Gasteiger partial charge >= 0.3 is 0 Å². The molecule has 0 aliphatic rings. The molecule has 0 aromatic heterocycles. The maximum atomic E-state index is 10.9. The molecule has 0 unspecified atom stereocenters. The molecule has 0 bridgehead atoms. The van der Waals surface area contributed by atoms with Crippen LogP contribution in [0.1, 0.15) is 13.8 Å². The SMILES string of the molecule is CC(=O)Nc1cc(Br)c(NC(C)=O)cc1Br. The molecule has 0 fully saturated rings. The molecule has 6 heteroatoms. The molecule has 0 spiro atoms. The van der Waals surface area contributed by atoms with E-state index in [-0.39, 0.29) is 11.8 Å². The molecule has 1 aromatic carbocycles. The predicted octanol–water partition coefficient (Wildman–Crippen LogP) is 3.13. The average Bonchev–Trinajstić information content (AvgIpc) is 2.11. The van der Waals surface area contributed by atoms with Crippen LogP contribution < -0.4 is 10.6 Å². The van der Waals surface area contributed by atoms with Gasteiger partial charge in [0, 0.05) is 22.8 Å².